The number of aryl methyl sites for hydroxylation is 1. The Hall–Kier alpha value is -2.99. The van der Waals surface area contributed by atoms with Gasteiger partial charge in [-0.2, -0.15) is 13.2 Å². The van der Waals surface area contributed by atoms with Gasteiger partial charge in [-0.05, 0) is 67.8 Å². The Bertz CT molecular complexity index is 1600. The standard InChI is InChI=1S/C30H31Cl3F3N3O4S/c1-4-14-37-29(41)27(5-2)38(17-20-8-9-21(31)15-26(20)33)28(40)18-39(44(42,43)23-11-6-19(3)7-12-23)22-10-13-25(32)24(16-22)30(34,35)36/h6-13,15-16,27H,4-5,14,17-18H2,1-3H3,(H,37,41)/t27-/m1/s1. The normalized spacial score (nSPS) is 12.5. The molecule has 7 nitrogen and oxygen atoms in total. The molecule has 44 heavy (non-hydrogen) atoms. The predicted molar refractivity (Wildman–Crippen MR) is 167 cm³/mol. The molecule has 0 fully saturated rings. The monoisotopic (exact) mass is 691 g/mol. The van der Waals surface area contributed by atoms with E-state index in [4.69, 9.17) is 34.8 Å². The first-order valence-corrected chi connectivity index (χ1v) is 16.1. The number of amides is 2. The maximum absolute atomic E-state index is 14.1. The lowest BCUT2D eigenvalue weighted by Crippen LogP contribution is -2.52. The van der Waals surface area contributed by atoms with Gasteiger partial charge in [0.05, 0.1) is 21.2 Å². The number of anilines is 1. The zero-order valence-electron chi connectivity index (χ0n) is 24.1. The summed E-state index contributed by atoms with van der Waals surface area (Å²) in [6, 6.07) is 11.7. The highest BCUT2D eigenvalue weighted by Crippen LogP contribution is 2.38. The minimum absolute atomic E-state index is 0.149. The van der Waals surface area contributed by atoms with Crippen molar-refractivity contribution in [1.29, 1.82) is 0 Å². The van der Waals surface area contributed by atoms with Crippen LogP contribution in [0.4, 0.5) is 18.9 Å². The van der Waals surface area contributed by atoms with Gasteiger partial charge in [0, 0.05) is 23.1 Å². The van der Waals surface area contributed by atoms with Gasteiger partial charge in [0.25, 0.3) is 10.0 Å². The van der Waals surface area contributed by atoms with Crippen molar-refractivity contribution in [3.05, 3.63) is 92.4 Å². The smallest absolute Gasteiger partial charge is 0.354 e. The second-order valence-electron chi connectivity index (χ2n) is 9.96. The van der Waals surface area contributed by atoms with E-state index in [1.165, 1.54) is 35.2 Å². The molecule has 0 aliphatic heterocycles. The van der Waals surface area contributed by atoms with Crippen LogP contribution < -0.4 is 9.62 Å². The van der Waals surface area contributed by atoms with E-state index in [-0.39, 0.29) is 22.9 Å². The zero-order valence-corrected chi connectivity index (χ0v) is 27.2. The Kier molecular flexibility index (Phi) is 12.0. The molecule has 238 valence electrons. The molecule has 2 amide bonds. The van der Waals surface area contributed by atoms with Gasteiger partial charge in [-0.25, -0.2) is 8.42 Å². The van der Waals surface area contributed by atoms with E-state index >= 15 is 0 Å². The average Bonchev–Trinajstić information content (AvgIpc) is 2.95. The van der Waals surface area contributed by atoms with Gasteiger partial charge in [-0.1, -0.05) is 72.4 Å². The first kappa shape index (κ1) is 35.5. The Labute approximate surface area is 269 Å². The van der Waals surface area contributed by atoms with E-state index in [9.17, 15) is 31.2 Å². The van der Waals surface area contributed by atoms with E-state index in [1.54, 1.807) is 26.0 Å². The third-order valence-corrected chi connectivity index (χ3v) is 9.43. The van der Waals surface area contributed by atoms with Crippen molar-refractivity contribution in [2.24, 2.45) is 0 Å². The number of nitrogens with one attached hydrogen (secondary N) is 1. The maximum atomic E-state index is 14.1. The second-order valence-corrected chi connectivity index (χ2v) is 13.1. The molecule has 0 saturated heterocycles. The number of carbonyl (C=O) groups excluding carboxylic acids is 2. The number of benzene rings is 3. The summed E-state index contributed by atoms with van der Waals surface area (Å²) < 4.78 is 69.9. The predicted octanol–water partition coefficient (Wildman–Crippen LogP) is 7.50. The average molecular weight is 693 g/mol. The van der Waals surface area contributed by atoms with Crippen LogP contribution in [0.25, 0.3) is 0 Å². The van der Waals surface area contributed by atoms with E-state index in [2.05, 4.69) is 5.32 Å². The lowest BCUT2D eigenvalue weighted by atomic mass is 10.1. The molecular weight excluding hydrogens is 662 g/mol. The molecule has 0 saturated carbocycles. The summed E-state index contributed by atoms with van der Waals surface area (Å²) in [4.78, 5) is 28.2. The van der Waals surface area contributed by atoms with Crippen molar-refractivity contribution >= 4 is 62.3 Å². The Morgan fingerprint density at radius 1 is 0.932 bits per heavy atom. The van der Waals surface area contributed by atoms with E-state index in [0.29, 0.717) is 33.9 Å². The van der Waals surface area contributed by atoms with Crippen LogP contribution in [0.1, 0.15) is 43.4 Å². The topological polar surface area (TPSA) is 86.8 Å². The highest BCUT2D eigenvalue weighted by molar-refractivity contribution is 7.92. The van der Waals surface area contributed by atoms with Crippen molar-refractivity contribution < 1.29 is 31.2 Å². The number of hydrogen-bond donors (Lipinski definition) is 1. The number of carbonyl (C=O) groups is 2. The van der Waals surface area contributed by atoms with Gasteiger partial charge in [0.2, 0.25) is 11.8 Å². The van der Waals surface area contributed by atoms with Crippen molar-refractivity contribution in [2.45, 2.75) is 57.3 Å². The largest absolute Gasteiger partial charge is 0.417 e. The van der Waals surface area contributed by atoms with E-state index < -0.39 is 56.9 Å². The molecule has 3 rings (SSSR count). The lowest BCUT2D eigenvalue weighted by Gasteiger charge is -2.33. The van der Waals surface area contributed by atoms with Gasteiger partial charge in [-0.15, -0.1) is 0 Å². The molecule has 1 atom stereocenters. The zero-order chi connectivity index (χ0) is 32.8. The molecule has 3 aromatic carbocycles. The van der Waals surface area contributed by atoms with Crippen LogP contribution in [0, 0.1) is 6.92 Å². The number of alkyl halides is 3. The summed E-state index contributed by atoms with van der Waals surface area (Å²) in [6.07, 6.45) is -4.13. The van der Waals surface area contributed by atoms with Crippen LogP contribution in [0.2, 0.25) is 15.1 Å². The van der Waals surface area contributed by atoms with Crippen LogP contribution in [0.5, 0.6) is 0 Å². The summed E-state index contributed by atoms with van der Waals surface area (Å²) in [7, 11) is -4.60. The van der Waals surface area contributed by atoms with Crippen LogP contribution in [-0.2, 0) is 32.3 Å². The van der Waals surface area contributed by atoms with Gasteiger partial charge in [0.15, 0.2) is 0 Å². The van der Waals surface area contributed by atoms with Gasteiger partial charge < -0.3 is 10.2 Å². The SMILES string of the molecule is CCCNC(=O)[C@@H](CC)N(Cc1ccc(Cl)cc1Cl)C(=O)CN(c1ccc(Cl)c(C(F)(F)F)c1)S(=O)(=O)c1ccc(C)cc1. The van der Waals surface area contributed by atoms with Crippen LogP contribution in [-0.4, -0.2) is 44.3 Å². The molecule has 0 aliphatic rings. The van der Waals surface area contributed by atoms with Crippen LogP contribution in [0.15, 0.2) is 65.6 Å². The molecule has 0 radical (unpaired) electrons. The van der Waals surface area contributed by atoms with Gasteiger partial charge >= 0.3 is 6.18 Å². The van der Waals surface area contributed by atoms with Crippen molar-refractivity contribution in [1.82, 2.24) is 10.2 Å². The van der Waals surface area contributed by atoms with Crippen molar-refractivity contribution in [3.8, 4) is 0 Å². The molecule has 0 aliphatic carbocycles. The second kappa shape index (κ2) is 14.9. The molecule has 14 heteroatoms. The highest BCUT2D eigenvalue weighted by atomic mass is 35.5. The summed E-state index contributed by atoms with van der Waals surface area (Å²) in [5, 5.41) is 2.65. The first-order valence-electron chi connectivity index (χ1n) is 13.6. The Balaban J connectivity index is 2.16. The number of rotatable bonds is 12. The Morgan fingerprint density at radius 2 is 1.59 bits per heavy atom. The number of sulfonamides is 1. The molecule has 1 N–H and O–H groups in total. The summed E-state index contributed by atoms with van der Waals surface area (Å²) >= 11 is 18.2. The fourth-order valence-corrected chi connectivity index (χ4v) is 6.47. The molecule has 0 heterocycles. The van der Waals surface area contributed by atoms with Gasteiger partial charge in [-0.3, -0.25) is 13.9 Å². The molecular formula is C30H31Cl3F3N3O4S. The van der Waals surface area contributed by atoms with Crippen molar-refractivity contribution in [3.63, 3.8) is 0 Å². The third kappa shape index (κ3) is 8.59. The van der Waals surface area contributed by atoms with Gasteiger partial charge in [0.1, 0.15) is 12.6 Å². The lowest BCUT2D eigenvalue weighted by molar-refractivity contribution is -0.140. The molecule has 3 aromatic rings. The molecule has 0 bridgehead atoms. The van der Waals surface area contributed by atoms with Crippen LogP contribution >= 0.6 is 34.8 Å². The third-order valence-electron chi connectivity index (χ3n) is 6.72. The number of halogens is 6. The summed E-state index contributed by atoms with van der Waals surface area (Å²) in [5.74, 6) is -1.33. The first-order chi connectivity index (χ1) is 20.6. The highest BCUT2D eigenvalue weighted by Gasteiger charge is 2.37. The fraction of sp³-hybridized carbons (Fsp3) is 0.333. The Morgan fingerprint density at radius 3 is 2.16 bits per heavy atom. The number of nitrogens with zero attached hydrogens (tertiary/aromatic N) is 2. The maximum Gasteiger partial charge on any atom is 0.417 e. The minimum atomic E-state index is -4.90. The fourth-order valence-electron chi connectivity index (χ4n) is 4.37. The van der Waals surface area contributed by atoms with Crippen LogP contribution in [0.3, 0.4) is 0 Å². The van der Waals surface area contributed by atoms with Crippen molar-refractivity contribution in [2.75, 3.05) is 17.4 Å². The minimum Gasteiger partial charge on any atom is -0.354 e. The van der Waals surface area contributed by atoms with E-state index in [0.717, 1.165) is 17.7 Å². The summed E-state index contributed by atoms with van der Waals surface area (Å²) in [5.41, 5.74) is -0.552. The van der Waals surface area contributed by atoms with E-state index in [1.807, 2.05) is 6.92 Å². The summed E-state index contributed by atoms with van der Waals surface area (Å²) in [6.45, 7) is 4.46. The number of hydrogen-bond acceptors (Lipinski definition) is 4. The quantitative estimate of drug-likeness (QED) is 0.213. The molecule has 0 aromatic heterocycles. The molecule has 0 unspecified atom stereocenters. The molecule has 0 spiro atoms.